The lowest BCUT2D eigenvalue weighted by Crippen LogP contribution is -2.69. The van der Waals surface area contributed by atoms with E-state index in [9.17, 15) is 19.8 Å². The Labute approximate surface area is 159 Å². The Morgan fingerprint density at radius 2 is 1.96 bits per heavy atom. The molecule has 4 aliphatic carbocycles. The third-order valence-electron chi connectivity index (χ3n) is 8.76. The van der Waals surface area contributed by atoms with Crippen LogP contribution in [0.2, 0.25) is 0 Å². The molecule has 0 saturated heterocycles. The summed E-state index contributed by atoms with van der Waals surface area (Å²) in [6.07, 6.45) is 4.93. The summed E-state index contributed by atoms with van der Waals surface area (Å²) in [5.74, 6) is -1.39. The summed E-state index contributed by atoms with van der Waals surface area (Å²) in [6.45, 7) is 6.87. The van der Waals surface area contributed by atoms with Gasteiger partial charge in [0.2, 0.25) is 0 Å². The molecule has 4 rings (SSSR count). The summed E-state index contributed by atoms with van der Waals surface area (Å²) in [4.78, 5) is 24.3. The topological polar surface area (TPSA) is 74.6 Å². The molecule has 0 aromatic rings. The lowest BCUT2D eigenvalue weighted by molar-refractivity contribution is -0.218. The van der Waals surface area contributed by atoms with Crippen molar-refractivity contribution in [2.45, 2.75) is 70.8 Å². The van der Waals surface area contributed by atoms with Gasteiger partial charge in [0.15, 0.2) is 17.2 Å². The molecule has 0 bridgehead atoms. The van der Waals surface area contributed by atoms with Crippen LogP contribution in [0.4, 0.5) is 4.39 Å². The number of aliphatic hydroxyl groups excluding tert-OH is 1. The minimum Gasteiger partial charge on any atom is -0.390 e. The van der Waals surface area contributed by atoms with E-state index in [-0.39, 0.29) is 29.8 Å². The van der Waals surface area contributed by atoms with Crippen LogP contribution in [0.3, 0.4) is 0 Å². The first-order chi connectivity index (χ1) is 12.4. The van der Waals surface area contributed by atoms with Crippen LogP contribution in [-0.2, 0) is 9.59 Å². The molecule has 4 nitrogen and oxygen atoms in total. The largest absolute Gasteiger partial charge is 0.390 e. The standard InChI is InChI=1S/C22H29FO4/c1-12-9-17-16-6-5-14-10-15(25)7-8-19(14,3)21(16,23)18(26)11-20(17,4)22(12,27)13(2)24/h7-8,10,12,16-18,26-27H,5-6,9,11H2,1-4H3. The highest BCUT2D eigenvalue weighted by atomic mass is 19.1. The summed E-state index contributed by atoms with van der Waals surface area (Å²) >= 11 is 0. The molecule has 3 fully saturated rings. The molecule has 0 aromatic heterocycles. The molecular weight excluding hydrogens is 347 g/mol. The predicted octanol–water partition coefficient (Wildman–Crippen LogP) is 2.92. The molecule has 0 radical (unpaired) electrons. The van der Waals surface area contributed by atoms with Crippen molar-refractivity contribution in [3.05, 3.63) is 23.8 Å². The van der Waals surface area contributed by atoms with Gasteiger partial charge < -0.3 is 10.2 Å². The Morgan fingerprint density at radius 3 is 2.59 bits per heavy atom. The SMILES string of the molecule is CC(=O)C1(O)C(C)CC2C3CCC4=CC(=O)C=CC4(C)C3(F)C(O)CC21C. The number of carbonyl (C=O) groups excluding carboxylic acids is 2. The minimum atomic E-state index is -1.92. The molecule has 0 aliphatic heterocycles. The smallest absolute Gasteiger partial charge is 0.178 e. The molecule has 0 heterocycles. The Morgan fingerprint density at radius 1 is 1.30 bits per heavy atom. The van der Waals surface area contributed by atoms with Crippen LogP contribution >= 0.6 is 0 Å². The molecule has 0 aromatic carbocycles. The fraction of sp³-hybridized carbons (Fsp3) is 0.727. The Balaban J connectivity index is 1.85. The van der Waals surface area contributed by atoms with E-state index < -0.39 is 34.1 Å². The lowest BCUT2D eigenvalue weighted by atomic mass is 9.44. The molecule has 2 N–H and O–H groups in total. The van der Waals surface area contributed by atoms with Crippen LogP contribution < -0.4 is 0 Å². The highest BCUT2D eigenvalue weighted by molar-refractivity contribution is 6.01. The number of hydrogen-bond acceptors (Lipinski definition) is 4. The molecule has 148 valence electrons. The predicted molar refractivity (Wildman–Crippen MR) is 98.5 cm³/mol. The fourth-order valence-electron chi connectivity index (χ4n) is 7.30. The first-order valence-electron chi connectivity index (χ1n) is 9.97. The summed E-state index contributed by atoms with van der Waals surface area (Å²) in [6, 6.07) is 0. The number of fused-ring (bicyclic) bond motifs is 5. The first kappa shape index (κ1) is 19.0. The van der Waals surface area contributed by atoms with Crippen molar-refractivity contribution < 1.29 is 24.2 Å². The average Bonchev–Trinajstić information content (AvgIpc) is 2.79. The third kappa shape index (κ3) is 1.95. The summed E-state index contributed by atoms with van der Waals surface area (Å²) < 4.78 is 16.8. The van der Waals surface area contributed by atoms with Crippen LogP contribution in [0.15, 0.2) is 23.8 Å². The third-order valence-corrected chi connectivity index (χ3v) is 8.76. The van der Waals surface area contributed by atoms with Crippen LogP contribution in [0.5, 0.6) is 0 Å². The lowest BCUT2D eigenvalue weighted by Gasteiger charge is -2.62. The van der Waals surface area contributed by atoms with E-state index >= 15 is 4.39 Å². The fourth-order valence-corrected chi connectivity index (χ4v) is 7.30. The second-order valence-electron chi connectivity index (χ2n) is 9.72. The number of allylic oxidation sites excluding steroid dienone is 4. The number of alkyl halides is 1. The van der Waals surface area contributed by atoms with E-state index in [1.165, 1.54) is 19.1 Å². The van der Waals surface area contributed by atoms with Crippen LogP contribution in [-0.4, -0.2) is 39.2 Å². The maximum absolute atomic E-state index is 16.8. The number of halogens is 1. The number of hydrogen-bond donors (Lipinski definition) is 2. The van der Waals surface area contributed by atoms with Crippen LogP contribution in [0, 0.1) is 28.6 Å². The van der Waals surface area contributed by atoms with E-state index in [1.807, 2.05) is 13.8 Å². The van der Waals surface area contributed by atoms with E-state index in [0.717, 1.165) is 5.57 Å². The van der Waals surface area contributed by atoms with Crippen molar-refractivity contribution in [2.75, 3.05) is 0 Å². The van der Waals surface area contributed by atoms with Gasteiger partial charge in [-0.15, -0.1) is 0 Å². The van der Waals surface area contributed by atoms with Gasteiger partial charge in [0.05, 0.1) is 6.10 Å². The van der Waals surface area contributed by atoms with E-state index in [4.69, 9.17) is 0 Å². The van der Waals surface area contributed by atoms with Gasteiger partial charge in [0.25, 0.3) is 0 Å². The zero-order chi connectivity index (χ0) is 20.0. The summed E-state index contributed by atoms with van der Waals surface area (Å²) in [5, 5.41) is 22.5. The second kappa shape index (κ2) is 5.38. The molecule has 4 aliphatic rings. The zero-order valence-electron chi connectivity index (χ0n) is 16.5. The molecule has 27 heavy (non-hydrogen) atoms. The maximum atomic E-state index is 16.8. The Kier molecular flexibility index (Phi) is 3.79. The quantitative estimate of drug-likeness (QED) is 0.738. The van der Waals surface area contributed by atoms with Crippen molar-refractivity contribution in [2.24, 2.45) is 28.6 Å². The normalized spacial score (nSPS) is 54.0. The molecule has 3 saturated carbocycles. The van der Waals surface area contributed by atoms with Gasteiger partial charge in [-0.3, -0.25) is 9.59 Å². The van der Waals surface area contributed by atoms with Gasteiger partial charge >= 0.3 is 0 Å². The van der Waals surface area contributed by atoms with E-state index in [1.54, 1.807) is 13.0 Å². The van der Waals surface area contributed by atoms with E-state index in [2.05, 4.69) is 0 Å². The summed E-state index contributed by atoms with van der Waals surface area (Å²) in [7, 11) is 0. The van der Waals surface area contributed by atoms with Crippen molar-refractivity contribution >= 4 is 11.6 Å². The monoisotopic (exact) mass is 376 g/mol. The van der Waals surface area contributed by atoms with Gasteiger partial charge in [-0.1, -0.05) is 25.5 Å². The Hall–Kier alpha value is -1.33. The van der Waals surface area contributed by atoms with Crippen molar-refractivity contribution in [3.8, 4) is 0 Å². The molecule has 0 amide bonds. The molecule has 8 atom stereocenters. The minimum absolute atomic E-state index is 0.0374. The van der Waals surface area contributed by atoms with Crippen molar-refractivity contribution in [1.82, 2.24) is 0 Å². The summed E-state index contributed by atoms with van der Waals surface area (Å²) in [5.41, 5.74) is -4.62. The second-order valence-corrected chi connectivity index (χ2v) is 9.72. The number of ketones is 2. The molecule has 8 unspecified atom stereocenters. The van der Waals surface area contributed by atoms with Crippen molar-refractivity contribution in [1.29, 1.82) is 0 Å². The molecule has 0 spiro atoms. The highest BCUT2D eigenvalue weighted by Crippen LogP contribution is 2.70. The highest BCUT2D eigenvalue weighted by Gasteiger charge is 2.75. The Bertz CT molecular complexity index is 787. The van der Waals surface area contributed by atoms with Gasteiger partial charge in [-0.05, 0) is 63.5 Å². The first-order valence-corrected chi connectivity index (χ1v) is 9.97. The maximum Gasteiger partial charge on any atom is 0.178 e. The number of carbonyl (C=O) groups is 2. The van der Waals surface area contributed by atoms with E-state index in [0.29, 0.717) is 19.3 Å². The van der Waals surface area contributed by atoms with Crippen LogP contribution in [0.25, 0.3) is 0 Å². The van der Waals surface area contributed by atoms with Crippen LogP contribution in [0.1, 0.15) is 53.4 Å². The van der Waals surface area contributed by atoms with Gasteiger partial charge in [0, 0.05) is 16.7 Å². The number of aliphatic hydroxyl groups is 2. The van der Waals surface area contributed by atoms with Gasteiger partial charge in [-0.2, -0.15) is 0 Å². The number of rotatable bonds is 1. The molecule has 5 heteroatoms. The van der Waals surface area contributed by atoms with Gasteiger partial charge in [0.1, 0.15) is 5.60 Å². The molecular formula is C22H29FO4. The number of Topliss-reactive ketones (excluding diaryl/α,β-unsaturated/α-hetero) is 1. The van der Waals surface area contributed by atoms with Gasteiger partial charge in [-0.25, -0.2) is 4.39 Å². The average molecular weight is 376 g/mol. The van der Waals surface area contributed by atoms with Crippen molar-refractivity contribution in [3.63, 3.8) is 0 Å². The zero-order valence-corrected chi connectivity index (χ0v) is 16.5.